The molecular weight excluding hydrogens is 442 g/mol. The molecule has 2 aliphatic heterocycles. The summed E-state index contributed by atoms with van der Waals surface area (Å²) >= 11 is 0. The van der Waals surface area contributed by atoms with Crippen molar-refractivity contribution in [2.75, 3.05) is 38.7 Å². The Morgan fingerprint density at radius 1 is 1.23 bits per heavy atom. The number of rotatable bonds is 11. The average molecular weight is 480 g/mol. The predicted octanol–water partition coefficient (Wildman–Crippen LogP) is 4.57. The summed E-state index contributed by atoms with van der Waals surface area (Å²) in [5.41, 5.74) is 5.51. The number of carboxylic acids is 1. The highest BCUT2D eigenvalue weighted by molar-refractivity contribution is 5.77. The number of anilines is 1. The van der Waals surface area contributed by atoms with Crippen LogP contribution in [0.1, 0.15) is 73.0 Å². The lowest BCUT2D eigenvalue weighted by Gasteiger charge is -2.27. The van der Waals surface area contributed by atoms with Gasteiger partial charge in [-0.1, -0.05) is 12.1 Å². The maximum absolute atomic E-state index is 12.4. The molecule has 3 aliphatic rings. The molecule has 2 aromatic rings. The van der Waals surface area contributed by atoms with Crippen molar-refractivity contribution in [2.24, 2.45) is 0 Å². The van der Waals surface area contributed by atoms with Crippen LogP contribution in [0.15, 0.2) is 30.3 Å². The number of carbonyl (C=O) groups is 1. The zero-order valence-electron chi connectivity index (χ0n) is 20.7. The van der Waals surface area contributed by atoms with Gasteiger partial charge in [0.2, 0.25) is 0 Å². The Bertz CT molecular complexity index is 1040. The van der Waals surface area contributed by atoms with Crippen LogP contribution in [0.4, 0.5) is 5.69 Å². The minimum absolute atomic E-state index is 0.0831. The van der Waals surface area contributed by atoms with Gasteiger partial charge in [0.05, 0.1) is 24.6 Å². The van der Waals surface area contributed by atoms with E-state index in [-0.39, 0.29) is 6.10 Å². The van der Waals surface area contributed by atoms with Gasteiger partial charge >= 0.3 is 5.97 Å². The molecule has 2 N–H and O–H groups in total. The van der Waals surface area contributed by atoms with Crippen molar-refractivity contribution in [3.8, 4) is 5.75 Å². The van der Waals surface area contributed by atoms with E-state index in [1.54, 1.807) is 7.11 Å². The van der Waals surface area contributed by atoms with Crippen molar-refractivity contribution in [1.82, 2.24) is 9.88 Å². The fraction of sp³-hybridized carbons (Fsp3) is 0.571. The first-order chi connectivity index (χ1) is 17.1. The van der Waals surface area contributed by atoms with Crippen LogP contribution in [0.2, 0.25) is 0 Å². The average Bonchev–Trinajstić information content (AvgIpc) is 3.61. The smallest absolute Gasteiger partial charge is 0.325 e. The summed E-state index contributed by atoms with van der Waals surface area (Å²) in [5, 5.41) is 13.6. The van der Waals surface area contributed by atoms with Crippen molar-refractivity contribution in [3.05, 3.63) is 52.8 Å². The Hall–Kier alpha value is -2.64. The molecule has 2 fully saturated rings. The maximum atomic E-state index is 12.4. The largest absolute Gasteiger partial charge is 0.496 e. The third-order valence-electron chi connectivity index (χ3n) is 7.49. The Morgan fingerprint density at radius 2 is 2.11 bits per heavy atom. The number of likely N-dealkylation sites (tertiary alicyclic amines) is 1. The van der Waals surface area contributed by atoms with Crippen LogP contribution in [0.3, 0.4) is 0 Å². The van der Waals surface area contributed by atoms with Crippen LogP contribution in [0, 0.1) is 0 Å². The summed E-state index contributed by atoms with van der Waals surface area (Å²) in [5.74, 6) is 0.431. The molecule has 1 saturated heterocycles. The van der Waals surface area contributed by atoms with Gasteiger partial charge in [-0.25, -0.2) is 0 Å². The number of fused-ring (bicyclic) bond motifs is 1. The molecule has 0 bridgehead atoms. The fourth-order valence-electron chi connectivity index (χ4n) is 5.57. The first-order valence-corrected chi connectivity index (χ1v) is 13.1. The van der Waals surface area contributed by atoms with Crippen molar-refractivity contribution in [3.63, 3.8) is 0 Å². The minimum Gasteiger partial charge on any atom is -0.496 e. The van der Waals surface area contributed by atoms with E-state index >= 15 is 0 Å². The van der Waals surface area contributed by atoms with Crippen molar-refractivity contribution < 1.29 is 19.4 Å². The molecule has 188 valence electrons. The molecule has 35 heavy (non-hydrogen) atoms. The summed E-state index contributed by atoms with van der Waals surface area (Å²) in [6.45, 7) is 3.13. The van der Waals surface area contributed by atoms with Gasteiger partial charge in [-0.3, -0.25) is 14.7 Å². The first kappa shape index (κ1) is 24.1. The van der Waals surface area contributed by atoms with Gasteiger partial charge in [0.1, 0.15) is 11.8 Å². The predicted molar refractivity (Wildman–Crippen MR) is 135 cm³/mol. The van der Waals surface area contributed by atoms with Crippen LogP contribution in [-0.2, 0) is 22.4 Å². The highest BCUT2D eigenvalue weighted by Gasteiger charge is 2.39. The molecule has 5 rings (SSSR count). The first-order valence-electron chi connectivity index (χ1n) is 13.1. The lowest BCUT2D eigenvalue weighted by Crippen LogP contribution is -2.34. The van der Waals surface area contributed by atoms with Crippen LogP contribution >= 0.6 is 0 Å². The maximum Gasteiger partial charge on any atom is 0.325 e. The monoisotopic (exact) mass is 479 g/mol. The second-order valence-corrected chi connectivity index (χ2v) is 10.0. The molecule has 1 aromatic carbocycles. The quantitative estimate of drug-likeness (QED) is 0.457. The number of aromatic nitrogens is 1. The normalized spacial score (nSPS) is 20.8. The molecule has 7 heteroatoms. The van der Waals surface area contributed by atoms with Gasteiger partial charge in [-0.05, 0) is 81.0 Å². The van der Waals surface area contributed by atoms with Gasteiger partial charge in [0.25, 0.3) is 0 Å². The van der Waals surface area contributed by atoms with Crippen LogP contribution in [0.25, 0.3) is 0 Å². The highest BCUT2D eigenvalue weighted by atomic mass is 16.5. The van der Waals surface area contributed by atoms with E-state index in [2.05, 4.69) is 22.3 Å². The molecule has 1 aliphatic carbocycles. The van der Waals surface area contributed by atoms with Crippen molar-refractivity contribution in [2.45, 2.75) is 69.4 Å². The molecule has 2 atom stereocenters. The fourth-order valence-corrected chi connectivity index (χ4v) is 5.57. The number of unbranched alkanes of at least 4 members (excludes halogenated alkanes) is 1. The van der Waals surface area contributed by atoms with E-state index in [0.717, 1.165) is 87.0 Å². The summed E-state index contributed by atoms with van der Waals surface area (Å²) in [7, 11) is 1.67. The van der Waals surface area contributed by atoms with Gasteiger partial charge in [0.15, 0.2) is 0 Å². The zero-order chi connectivity index (χ0) is 24.2. The lowest BCUT2D eigenvalue weighted by molar-refractivity contribution is -0.143. The van der Waals surface area contributed by atoms with Crippen LogP contribution in [-0.4, -0.2) is 60.4 Å². The van der Waals surface area contributed by atoms with E-state index in [1.165, 1.54) is 11.4 Å². The SMILES string of the molecule is COc1cccc(C(C(=O)O)N2CC[C@@H](OCCCCc3ccc4c(n3)CCCN4)C2)c1C1CC1. The Balaban J connectivity index is 1.12. The second-order valence-electron chi connectivity index (χ2n) is 10.0. The van der Waals surface area contributed by atoms with Gasteiger partial charge < -0.3 is 19.9 Å². The van der Waals surface area contributed by atoms with E-state index in [0.29, 0.717) is 19.1 Å². The number of hydrogen-bond donors (Lipinski definition) is 2. The molecule has 3 heterocycles. The summed E-state index contributed by atoms with van der Waals surface area (Å²) < 4.78 is 11.8. The lowest BCUT2D eigenvalue weighted by atomic mass is 9.95. The van der Waals surface area contributed by atoms with E-state index in [9.17, 15) is 9.90 Å². The van der Waals surface area contributed by atoms with E-state index in [4.69, 9.17) is 14.5 Å². The molecule has 0 radical (unpaired) electrons. The molecule has 0 spiro atoms. The molecule has 1 unspecified atom stereocenters. The number of carboxylic acid groups (broad SMARTS) is 1. The molecule has 1 aromatic heterocycles. The number of nitrogens with one attached hydrogen (secondary N) is 1. The van der Waals surface area contributed by atoms with E-state index in [1.807, 2.05) is 18.2 Å². The van der Waals surface area contributed by atoms with Crippen molar-refractivity contribution in [1.29, 1.82) is 0 Å². The van der Waals surface area contributed by atoms with Crippen molar-refractivity contribution >= 4 is 11.7 Å². The third-order valence-corrected chi connectivity index (χ3v) is 7.49. The van der Waals surface area contributed by atoms with Gasteiger partial charge in [0, 0.05) is 37.5 Å². The summed E-state index contributed by atoms with van der Waals surface area (Å²) in [6, 6.07) is 9.47. The zero-order valence-corrected chi connectivity index (χ0v) is 20.7. The highest BCUT2D eigenvalue weighted by Crippen LogP contribution is 2.48. The number of nitrogens with zero attached hydrogens (tertiary/aromatic N) is 2. The number of aliphatic carboxylic acids is 1. The van der Waals surface area contributed by atoms with Crippen LogP contribution in [0.5, 0.6) is 5.75 Å². The minimum atomic E-state index is -0.798. The molecule has 7 nitrogen and oxygen atoms in total. The number of methoxy groups -OCH3 is 1. The number of pyridine rings is 1. The summed E-state index contributed by atoms with van der Waals surface area (Å²) in [4.78, 5) is 19.3. The third kappa shape index (κ3) is 5.62. The number of hydrogen-bond acceptors (Lipinski definition) is 6. The molecule has 1 saturated carbocycles. The summed E-state index contributed by atoms with van der Waals surface area (Å²) in [6.07, 6.45) is 8.36. The van der Waals surface area contributed by atoms with Gasteiger partial charge in [-0.15, -0.1) is 0 Å². The molecule has 0 amide bonds. The Labute approximate surface area is 207 Å². The topological polar surface area (TPSA) is 83.9 Å². The van der Waals surface area contributed by atoms with Gasteiger partial charge in [-0.2, -0.15) is 0 Å². The molecular formula is C28H37N3O4. The Kier molecular flexibility index (Phi) is 7.54. The van der Waals surface area contributed by atoms with E-state index < -0.39 is 12.0 Å². The number of aryl methyl sites for hydroxylation is 2. The standard InChI is InChI=1S/C28H37N3O4/c1-34-25-9-4-7-22(26(25)19-10-11-19)27(28(32)33)31-16-14-21(18-31)35-17-3-2-6-20-12-13-23-24(30-20)8-5-15-29-23/h4,7,9,12-13,19,21,27,29H,2-3,5-6,8,10-11,14-18H2,1H3,(H,32,33)/t21-,27?/m1/s1. The Morgan fingerprint density at radius 3 is 2.91 bits per heavy atom. The second kappa shape index (κ2) is 11.0. The van der Waals surface area contributed by atoms with Crippen LogP contribution < -0.4 is 10.1 Å². The number of ether oxygens (including phenoxy) is 2. The number of benzene rings is 1.